The summed E-state index contributed by atoms with van der Waals surface area (Å²) < 4.78 is 5.11. The van der Waals surface area contributed by atoms with Gasteiger partial charge in [-0.1, -0.05) is 13.8 Å². The number of aromatic nitrogens is 1. The second kappa shape index (κ2) is 16.6. The molecule has 0 radical (unpaired) electrons. The van der Waals surface area contributed by atoms with Gasteiger partial charge in [0.05, 0.1) is 17.9 Å². The first-order valence-electron chi connectivity index (χ1n) is 10.7. The zero-order valence-corrected chi connectivity index (χ0v) is 21.6. The SMILES string of the molecule is CCC(C)N(C)C=NC.CCOCN(C)CC.CN(C)c1ccnc2sc(C=O)cc12. The fourth-order valence-corrected chi connectivity index (χ4v) is 3.15. The Morgan fingerprint density at radius 2 is 1.90 bits per heavy atom. The van der Waals surface area contributed by atoms with Crippen LogP contribution in [0.1, 0.15) is 43.8 Å². The lowest BCUT2D eigenvalue weighted by Crippen LogP contribution is -2.26. The molecule has 0 N–H and O–H groups in total. The summed E-state index contributed by atoms with van der Waals surface area (Å²) in [4.78, 5) is 26.6. The molecule has 8 heteroatoms. The zero-order chi connectivity index (χ0) is 23.8. The maximum absolute atomic E-state index is 10.6. The topological polar surface area (TPSA) is 61.3 Å². The van der Waals surface area contributed by atoms with Crippen molar-refractivity contribution in [1.82, 2.24) is 14.8 Å². The van der Waals surface area contributed by atoms with Crippen LogP contribution in [-0.2, 0) is 4.74 Å². The highest BCUT2D eigenvalue weighted by atomic mass is 32.1. The second-order valence-electron chi connectivity index (χ2n) is 7.30. The summed E-state index contributed by atoms with van der Waals surface area (Å²) in [7, 11) is 9.83. The summed E-state index contributed by atoms with van der Waals surface area (Å²) in [6.45, 7) is 11.1. The minimum atomic E-state index is 0.605. The van der Waals surface area contributed by atoms with E-state index in [1.807, 2.05) is 58.5 Å². The smallest absolute Gasteiger partial charge is 0.160 e. The maximum Gasteiger partial charge on any atom is 0.160 e. The van der Waals surface area contributed by atoms with E-state index >= 15 is 0 Å². The number of anilines is 1. The number of carbonyl (C=O) groups excluding carboxylic acids is 1. The average molecular weight is 452 g/mol. The van der Waals surface area contributed by atoms with Crippen LogP contribution in [0.15, 0.2) is 23.3 Å². The Balaban J connectivity index is 0.000000465. The molecule has 7 nitrogen and oxygen atoms in total. The van der Waals surface area contributed by atoms with Gasteiger partial charge in [0.1, 0.15) is 4.83 Å². The summed E-state index contributed by atoms with van der Waals surface area (Å²) in [6.07, 6.45) is 5.66. The van der Waals surface area contributed by atoms with Crippen molar-refractivity contribution in [3.05, 3.63) is 23.2 Å². The van der Waals surface area contributed by atoms with Crippen molar-refractivity contribution < 1.29 is 9.53 Å². The molecule has 0 aliphatic rings. The highest BCUT2D eigenvalue weighted by molar-refractivity contribution is 7.20. The number of hydrogen-bond donors (Lipinski definition) is 0. The highest BCUT2D eigenvalue weighted by Crippen LogP contribution is 2.29. The van der Waals surface area contributed by atoms with Crippen LogP contribution in [0.5, 0.6) is 0 Å². The predicted octanol–water partition coefficient (Wildman–Crippen LogP) is 4.48. The summed E-state index contributed by atoms with van der Waals surface area (Å²) in [5.74, 6) is 0. The fraction of sp³-hybridized carbons (Fsp3) is 0.609. The lowest BCUT2D eigenvalue weighted by Gasteiger charge is -2.19. The summed E-state index contributed by atoms with van der Waals surface area (Å²) >= 11 is 1.42. The van der Waals surface area contributed by atoms with E-state index in [9.17, 15) is 4.79 Å². The van der Waals surface area contributed by atoms with Gasteiger partial charge in [0.2, 0.25) is 0 Å². The Labute approximate surface area is 192 Å². The van der Waals surface area contributed by atoms with Gasteiger partial charge in [0, 0.05) is 58.1 Å². The summed E-state index contributed by atoms with van der Waals surface area (Å²) in [5.41, 5.74) is 1.10. The summed E-state index contributed by atoms with van der Waals surface area (Å²) in [6, 6.07) is 4.44. The molecule has 2 rings (SSSR count). The minimum Gasteiger partial charge on any atom is -0.377 e. The van der Waals surface area contributed by atoms with Gasteiger partial charge in [0.15, 0.2) is 6.29 Å². The van der Waals surface area contributed by atoms with E-state index in [2.05, 4.69) is 40.5 Å². The van der Waals surface area contributed by atoms with E-state index in [0.29, 0.717) is 6.04 Å². The molecular weight excluding hydrogens is 410 g/mol. The largest absolute Gasteiger partial charge is 0.377 e. The minimum absolute atomic E-state index is 0.605. The normalized spacial score (nSPS) is 11.5. The van der Waals surface area contributed by atoms with Crippen molar-refractivity contribution in [2.75, 3.05) is 60.0 Å². The zero-order valence-electron chi connectivity index (χ0n) is 20.8. The van der Waals surface area contributed by atoms with E-state index in [1.165, 1.54) is 17.8 Å². The molecule has 0 spiro atoms. The van der Waals surface area contributed by atoms with Crippen LogP contribution in [0.2, 0.25) is 0 Å². The van der Waals surface area contributed by atoms with E-state index in [1.54, 1.807) is 13.2 Å². The van der Waals surface area contributed by atoms with Crippen molar-refractivity contribution in [3.63, 3.8) is 0 Å². The molecule has 0 amide bonds. The standard InChI is InChI=1S/C10H10N2OS.C7H16N2.C6H15NO/c1-12(2)9-3-4-11-10-8(9)5-7(6-13)14-10;1-5-7(2)9(4)6-8-3;1-4-7(3)6-8-5-2/h3-6H,1-2H3;6-7H,5H2,1-4H3;4-6H2,1-3H3. The number of thiophene rings is 1. The number of aliphatic imine (C=N–C) groups is 1. The van der Waals surface area contributed by atoms with E-state index in [0.717, 1.165) is 46.9 Å². The van der Waals surface area contributed by atoms with Gasteiger partial charge < -0.3 is 14.5 Å². The molecular formula is C23H41N5O2S. The molecule has 0 aromatic carbocycles. The molecule has 0 saturated heterocycles. The molecule has 0 fully saturated rings. The first-order valence-corrected chi connectivity index (χ1v) is 11.5. The Bertz CT molecular complexity index is 764. The summed E-state index contributed by atoms with van der Waals surface area (Å²) in [5, 5.41) is 1.05. The quantitative estimate of drug-likeness (QED) is 0.242. The molecule has 0 aliphatic carbocycles. The molecule has 2 aromatic heterocycles. The second-order valence-corrected chi connectivity index (χ2v) is 8.36. The Morgan fingerprint density at radius 3 is 2.39 bits per heavy atom. The number of hydrogen-bond acceptors (Lipinski definition) is 7. The van der Waals surface area contributed by atoms with Crippen LogP contribution in [0.4, 0.5) is 5.69 Å². The molecule has 1 unspecified atom stereocenters. The van der Waals surface area contributed by atoms with Gasteiger partial charge in [-0.2, -0.15) is 0 Å². The number of nitrogens with zero attached hydrogens (tertiary/aromatic N) is 5. The van der Waals surface area contributed by atoms with Crippen molar-refractivity contribution in [3.8, 4) is 0 Å². The van der Waals surface area contributed by atoms with Gasteiger partial charge >= 0.3 is 0 Å². The molecule has 2 heterocycles. The lowest BCUT2D eigenvalue weighted by molar-refractivity contribution is 0.0538. The molecule has 2 aromatic rings. The molecule has 0 aliphatic heterocycles. The molecule has 1 atom stereocenters. The number of ether oxygens (including phenoxy) is 1. The third kappa shape index (κ3) is 11.2. The number of carbonyl (C=O) groups is 1. The predicted molar refractivity (Wildman–Crippen MR) is 136 cm³/mol. The van der Waals surface area contributed by atoms with Gasteiger partial charge in [-0.15, -0.1) is 11.3 Å². The Hall–Kier alpha value is -2.03. The van der Waals surface area contributed by atoms with E-state index < -0.39 is 0 Å². The monoisotopic (exact) mass is 451 g/mol. The molecule has 176 valence electrons. The number of fused-ring (bicyclic) bond motifs is 1. The van der Waals surface area contributed by atoms with Gasteiger partial charge in [-0.3, -0.25) is 14.7 Å². The van der Waals surface area contributed by atoms with Crippen molar-refractivity contribution in [1.29, 1.82) is 0 Å². The fourth-order valence-electron chi connectivity index (χ4n) is 2.32. The van der Waals surface area contributed by atoms with E-state index in [-0.39, 0.29) is 0 Å². The average Bonchev–Trinajstić information content (AvgIpc) is 3.21. The first-order chi connectivity index (χ1) is 14.7. The van der Waals surface area contributed by atoms with Crippen LogP contribution in [-0.4, -0.2) is 88.6 Å². The van der Waals surface area contributed by atoms with Crippen LogP contribution < -0.4 is 4.90 Å². The van der Waals surface area contributed by atoms with Crippen molar-refractivity contribution in [2.24, 2.45) is 4.99 Å². The molecule has 31 heavy (non-hydrogen) atoms. The van der Waals surface area contributed by atoms with Gasteiger partial charge in [-0.25, -0.2) is 4.98 Å². The number of pyridine rings is 1. The third-order valence-corrected chi connectivity index (χ3v) is 5.64. The van der Waals surface area contributed by atoms with Crippen LogP contribution >= 0.6 is 11.3 Å². The van der Waals surface area contributed by atoms with Crippen LogP contribution in [0.3, 0.4) is 0 Å². The van der Waals surface area contributed by atoms with Gasteiger partial charge in [-0.05, 0) is 46.0 Å². The van der Waals surface area contributed by atoms with Crippen LogP contribution in [0, 0.1) is 0 Å². The third-order valence-electron chi connectivity index (χ3n) is 4.67. The first kappa shape index (κ1) is 29.0. The highest BCUT2D eigenvalue weighted by Gasteiger charge is 2.07. The van der Waals surface area contributed by atoms with Crippen molar-refractivity contribution in [2.45, 2.75) is 40.2 Å². The number of rotatable bonds is 9. The molecule has 0 bridgehead atoms. The van der Waals surface area contributed by atoms with Crippen molar-refractivity contribution >= 4 is 39.9 Å². The lowest BCUT2D eigenvalue weighted by atomic mass is 10.2. The Morgan fingerprint density at radius 1 is 1.23 bits per heavy atom. The van der Waals surface area contributed by atoms with E-state index in [4.69, 9.17) is 4.74 Å². The van der Waals surface area contributed by atoms with Gasteiger partial charge in [0.25, 0.3) is 0 Å². The maximum atomic E-state index is 10.6. The molecule has 0 saturated carbocycles. The van der Waals surface area contributed by atoms with Crippen LogP contribution in [0.25, 0.3) is 10.2 Å². The number of aldehydes is 1. The Kier molecular flexibility index (Phi) is 15.5.